The summed E-state index contributed by atoms with van der Waals surface area (Å²) < 4.78 is 29.7. The van der Waals surface area contributed by atoms with Crippen LogP contribution in [-0.2, 0) is 15.0 Å². The topological polar surface area (TPSA) is 132 Å². The molecule has 5 rings (SSSR count). The number of carbonyl (C=O) groups excluding carboxylic acids is 1. The van der Waals surface area contributed by atoms with Gasteiger partial charge in [-0.25, -0.2) is 18.4 Å². The molecule has 0 radical (unpaired) electrons. The van der Waals surface area contributed by atoms with Gasteiger partial charge in [-0.15, -0.1) is 0 Å². The van der Waals surface area contributed by atoms with Gasteiger partial charge in [-0.1, -0.05) is 31.4 Å². The Bertz CT molecular complexity index is 1590. The molecule has 1 saturated heterocycles. The lowest BCUT2D eigenvalue weighted by atomic mass is 9.80. The van der Waals surface area contributed by atoms with Gasteiger partial charge in [0.25, 0.3) is 0 Å². The highest BCUT2D eigenvalue weighted by Gasteiger charge is 2.43. The highest BCUT2D eigenvalue weighted by atomic mass is 35.5. The van der Waals surface area contributed by atoms with E-state index in [1.54, 1.807) is 30.2 Å². The van der Waals surface area contributed by atoms with E-state index in [9.17, 15) is 29.0 Å². The van der Waals surface area contributed by atoms with E-state index in [-0.39, 0.29) is 28.7 Å². The molecule has 2 amide bonds. The zero-order valence-electron chi connectivity index (χ0n) is 23.4. The molecule has 1 fully saturated rings. The van der Waals surface area contributed by atoms with Gasteiger partial charge in [-0.05, 0) is 67.3 Å². The summed E-state index contributed by atoms with van der Waals surface area (Å²) >= 11 is 6.08. The summed E-state index contributed by atoms with van der Waals surface area (Å²) in [6.07, 6.45) is 2.30. The Labute approximate surface area is 251 Å². The van der Waals surface area contributed by atoms with E-state index in [2.05, 4.69) is 15.6 Å². The Morgan fingerprint density at radius 3 is 2.60 bits per heavy atom. The molecule has 1 aromatic heterocycles. The van der Waals surface area contributed by atoms with E-state index in [1.165, 1.54) is 30.3 Å². The van der Waals surface area contributed by atoms with Gasteiger partial charge in [0.05, 0.1) is 22.3 Å². The number of hydrogen-bond donors (Lipinski definition) is 4. The molecule has 2 unspecified atom stereocenters. The maximum atomic E-state index is 15.4. The third-order valence-corrected chi connectivity index (χ3v) is 8.61. The number of aromatic nitrogens is 1. The van der Waals surface area contributed by atoms with Gasteiger partial charge >= 0.3 is 12.1 Å². The molecule has 43 heavy (non-hydrogen) atoms. The van der Waals surface area contributed by atoms with Crippen molar-refractivity contribution < 1.29 is 33.4 Å². The van der Waals surface area contributed by atoms with Crippen LogP contribution in [0.1, 0.15) is 56.2 Å². The Kier molecular flexibility index (Phi) is 8.55. The smallest absolute Gasteiger partial charge is 0.409 e. The minimum absolute atomic E-state index is 0.0686. The Morgan fingerprint density at radius 1 is 1.09 bits per heavy atom. The number of pyridine rings is 1. The molecule has 0 saturated carbocycles. The molecule has 4 N–H and O–H groups in total. The van der Waals surface area contributed by atoms with E-state index < -0.39 is 41.1 Å². The first-order valence-corrected chi connectivity index (χ1v) is 14.4. The molecule has 2 aliphatic heterocycles. The summed E-state index contributed by atoms with van der Waals surface area (Å²) in [4.78, 5) is 43.7. The largest absolute Gasteiger partial charge is 0.480 e. The maximum absolute atomic E-state index is 15.4. The third-order valence-electron chi connectivity index (χ3n) is 8.32. The minimum Gasteiger partial charge on any atom is -0.480 e. The van der Waals surface area contributed by atoms with Crippen molar-refractivity contribution in [3.8, 4) is 11.1 Å². The van der Waals surface area contributed by atoms with Gasteiger partial charge in [0.1, 0.15) is 17.7 Å². The molecule has 3 aromatic rings. The molecular weight excluding hydrogens is 582 g/mol. The number of likely N-dealkylation sites (tertiary alicyclic amines) is 1. The maximum Gasteiger partial charge on any atom is 0.409 e. The molecule has 12 heteroatoms. The molecule has 3 atom stereocenters. The van der Waals surface area contributed by atoms with Crippen LogP contribution in [-0.4, -0.2) is 57.2 Å². The average molecular weight is 613 g/mol. The SMILES string of the molecule is C[C@@]1(c2c(NC(=O)O)ccc(Cl)c2F)CCN(C(=O)C2CCCCC(C(=O)O)Nc3ccc(F)cc3-c3ccnc2c3)C1. The third kappa shape index (κ3) is 6.27. The van der Waals surface area contributed by atoms with Crippen LogP contribution in [0.15, 0.2) is 48.7 Å². The van der Waals surface area contributed by atoms with Crippen molar-refractivity contribution in [2.24, 2.45) is 0 Å². The van der Waals surface area contributed by atoms with Crippen LogP contribution in [0.3, 0.4) is 0 Å². The van der Waals surface area contributed by atoms with Crippen LogP contribution in [0.5, 0.6) is 0 Å². The van der Waals surface area contributed by atoms with Crippen LogP contribution < -0.4 is 10.6 Å². The van der Waals surface area contributed by atoms with Crippen molar-refractivity contribution in [2.45, 2.75) is 56.4 Å². The molecular formula is C31H31ClF2N4O5. The van der Waals surface area contributed by atoms with Gasteiger partial charge < -0.3 is 20.4 Å². The molecule has 2 aliphatic rings. The van der Waals surface area contributed by atoms with Crippen molar-refractivity contribution in [3.63, 3.8) is 0 Å². The summed E-state index contributed by atoms with van der Waals surface area (Å²) in [5.41, 5.74) is 1.21. The number of benzene rings is 2. The van der Waals surface area contributed by atoms with Gasteiger partial charge in [0, 0.05) is 41.5 Å². The lowest BCUT2D eigenvalue weighted by Crippen LogP contribution is -2.37. The Morgan fingerprint density at radius 2 is 1.86 bits per heavy atom. The second-order valence-electron chi connectivity index (χ2n) is 11.3. The summed E-state index contributed by atoms with van der Waals surface area (Å²) in [6, 6.07) is 9.27. The highest BCUT2D eigenvalue weighted by molar-refractivity contribution is 6.31. The number of rotatable bonds is 4. The normalized spacial score (nSPS) is 22.0. The van der Waals surface area contributed by atoms with Crippen molar-refractivity contribution >= 4 is 40.9 Å². The number of amides is 2. The van der Waals surface area contributed by atoms with E-state index in [1.807, 2.05) is 0 Å². The number of halogens is 3. The number of carboxylic acids is 1. The number of hydrogen-bond acceptors (Lipinski definition) is 5. The number of anilines is 2. The van der Waals surface area contributed by atoms with Gasteiger partial charge in [-0.2, -0.15) is 0 Å². The average Bonchev–Trinajstić information content (AvgIpc) is 3.36. The quantitative estimate of drug-likeness (QED) is 0.265. The van der Waals surface area contributed by atoms with Crippen LogP contribution >= 0.6 is 11.6 Å². The second-order valence-corrected chi connectivity index (χ2v) is 11.7. The fourth-order valence-electron chi connectivity index (χ4n) is 6.16. The van der Waals surface area contributed by atoms with Crippen molar-refractivity contribution in [1.29, 1.82) is 0 Å². The number of carbonyl (C=O) groups is 3. The van der Waals surface area contributed by atoms with Crippen LogP contribution in [0.25, 0.3) is 11.1 Å². The van der Waals surface area contributed by atoms with Crippen molar-refractivity contribution in [2.75, 3.05) is 23.7 Å². The number of aliphatic carboxylic acids is 1. The monoisotopic (exact) mass is 612 g/mol. The number of fused-ring (bicyclic) bond motifs is 4. The van der Waals surface area contributed by atoms with E-state index in [0.29, 0.717) is 61.2 Å². The molecule has 0 spiro atoms. The molecule has 226 valence electrons. The molecule has 0 aliphatic carbocycles. The first-order chi connectivity index (χ1) is 20.5. The minimum atomic E-state index is -1.35. The van der Waals surface area contributed by atoms with Crippen LogP contribution in [0.2, 0.25) is 5.02 Å². The summed E-state index contributed by atoms with van der Waals surface area (Å²) in [6.45, 7) is 2.18. The molecule has 2 bridgehead atoms. The van der Waals surface area contributed by atoms with Crippen LogP contribution in [0, 0.1) is 11.6 Å². The second kappa shape index (κ2) is 12.2. The van der Waals surface area contributed by atoms with Gasteiger partial charge in [0.15, 0.2) is 0 Å². The highest BCUT2D eigenvalue weighted by Crippen LogP contribution is 2.43. The molecule has 2 aromatic carbocycles. The summed E-state index contributed by atoms with van der Waals surface area (Å²) in [7, 11) is 0. The van der Waals surface area contributed by atoms with E-state index in [4.69, 9.17) is 11.6 Å². The fraction of sp³-hybridized carbons (Fsp3) is 0.355. The predicted octanol–water partition coefficient (Wildman–Crippen LogP) is 6.48. The van der Waals surface area contributed by atoms with E-state index >= 15 is 4.39 Å². The predicted molar refractivity (Wildman–Crippen MR) is 157 cm³/mol. The first kappa shape index (κ1) is 30.2. The van der Waals surface area contributed by atoms with Crippen molar-refractivity contribution in [3.05, 3.63) is 76.6 Å². The summed E-state index contributed by atoms with van der Waals surface area (Å²) in [5, 5.41) is 24.3. The summed E-state index contributed by atoms with van der Waals surface area (Å²) in [5.74, 6) is -3.18. The lowest BCUT2D eigenvalue weighted by Gasteiger charge is -2.30. The van der Waals surface area contributed by atoms with Crippen LogP contribution in [0.4, 0.5) is 25.0 Å². The number of carboxylic acid groups (broad SMARTS) is 2. The molecule has 9 nitrogen and oxygen atoms in total. The molecule has 3 heterocycles. The Hall–Kier alpha value is -4.25. The fourth-order valence-corrected chi connectivity index (χ4v) is 6.32. The van der Waals surface area contributed by atoms with Gasteiger partial charge in [0.2, 0.25) is 5.91 Å². The Balaban J connectivity index is 1.49. The van der Waals surface area contributed by atoms with Crippen molar-refractivity contribution in [1.82, 2.24) is 9.88 Å². The zero-order chi connectivity index (χ0) is 30.9. The van der Waals surface area contributed by atoms with Gasteiger partial charge in [-0.3, -0.25) is 15.1 Å². The lowest BCUT2D eigenvalue weighted by molar-refractivity contribution is -0.138. The zero-order valence-corrected chi connectivity index (χ0v) is 24.1. The number of nitrogens with zero attached hydrogens (tertiary/aromatic N) is 2. The standard InChI is InChI=1S/C31H31ClF2N4O5/c1-31(26-23(37-30(42)43)9-7-21(32)27(26)34)11-13-38(16-31)28(39)19-4-2-3-5-24(29(40)41)36-22-8-6-18(33)15-20(22)17-10-12-35-25(19)14-17/h6-10,12,14-15,19,24,36-37H,2-5,11,13,16H2,1H3,(H,40,41)(H,42,43)/t19?,24?,31-/m1/s1. The first-order valence-electron chi connectivity index (χ1n) is 14.0. The number of nitrogens with one attached hydrogen (secondary N) is 2. The van der Waals surface area contributed by atoms with E-state index in [0.717, 1.165) is 0 Å².